The van der Waals surface area contributed by atoms with Crippen molar-refractivity contribution in [2.45, 2.75) is 154 Å². The van der Waals surface area contributed by atoms with Gasteiger partial charge in [0.2, 0.25) is 12.0 Å². The highest BCUT2D eigenvalue weighted by molar-refractivity contribution is 9.10. The molecule has 22 nitrogen and oxygen atoms in total. The zero-order valence-corrected chi connectivity index (χ0v) is 46.9. The topological polar surface area (TPSA) is 313 Å². The normalized spacial score (nSPS) is 27.4. The number of carbonyl (C=O) groups is 10. The van der Waals surface area contributed by atoms with Gasteiger partial charge in [-0.05, 0) is 71.1 Å². The summed E-state index contributed by atoms with van der Waals surface area (Å²) in [4.78, 5) is 144. The number of carboxylic acids is 1. The number of carbonyl (C=O) groups excluding carboxylic acids is 9. The van der Waals surface area contributed by atoms with Gasteiger partial charge in [0.1, 0.15) is 42.1 Å². The fourth-order valence-corrected chi connectivity index (χ4v) is 12.0. The van der Waals surface area contributed by atoms with Crippen LogP contribution >= 0.6 is 15.9 Å². The van der Waals surface area contributed by atoms with Crippen LogP contribution in [-0.2, 0) is 71.5 Å². The van der Waals surface area contributed by atoms with E-state index < -0.39 is 162 Å². The molecule has 1 aromatic heterocycles. The van der Waals surface area contributed by atoms with Crippen molar-refractivity contribution in [3.8, 4) is 0 Å². The molecule has 3 aromatic rings. The number of ether oxygens (including phenoxy) is 7. The maximum Gasteiger partial charge on any atom is 0.350 e. The molecule has 3 aliphatic carbocycles. The van der Waals surface area contributed by atoms with Crippen molar-refractivity contribution in [3.63, 3.8) is 0 Å². The molecule has 2 aromatic carbocycles. The molecule has 2 amide bonds. The van der Waals surface area contributed by atoms with Crippen molar-refractivity contribution in [1.29, 1.82) is 0 Å². The molecule has 428 valence electrons. The summed E-state index contributed by atoms with van der Waals surface area (Å²) in [5.41, 5.74) is -8.39. The lowest BCUT2D eigenvalue weighted by molar-refractivity contribution is -0.346. The first-order valence-electron chi connectivity index (χ1n) is 26.0. The lowest BCUT2D eigenvalue weighted by atomic mass is 9.44. The van der Waals surface area contributed by atoms with E-state index in [1.165, 1.54) is 84.3 Å². The molecule has 2 saturated carbocycles. The van der Waals surface area contributed by atoms with Gasteiger partial charge in [-0.1, -0.05) is 76.2 Å². The lowest BCUT2D eigenvalue weighted by Gasteiger charge is -2.67. The van der Waals surface area contributed by atoms with E-state index in [0.717, 1.165) is 13.8 Å². The van der Waals surface area contributed by atoms with Crippen molar-refractivity contribution in [1.82, 2.24) is 15.6 Å². The molecule has 1 saturated heterocycles. The van der Waals surface area contributed by atoms with Gasteiger partial charge in [-0.2, -0.15) is 0 Å². The number of hydrogen-bond donors (Lipinski definition) is 4. The number of esters is 6. The number of fused-ring (bicyclic) bond motifs is 5. The van der Waals surface area contributed by atoms with Gasteiger partial charge >= 0.3 is 41.8 Å². The predicted molar refractivity (Wildman–Crippen MR) is 280 cm³/mol. The zero-order valence-electron chi connectivity index (χ0n) is 45.3. The Labute approximate surface area is 469 Å². The van der Waals surface area contributed by atoms with Gasteiger partial charge in [0.05, 0.1) is 29.1 Å². The van der Waals surface area contributed by atoms with Gasteiger partial charge in [0.15, 0.2) is 17.5 Å². The molecular formula is C57H64BrN3O19. The third kappa shape index (κ3) is 11.8. The number of aliphatic hydroxyl groups is 1. The van der Waals surface area contributed by atoms with Gasteiger partial charge in [-0.15, -0.1) is 0 Å². The second kappa shape index (κ2) is 24.2. The first kappa shape index (κ1) is 60.3. The number of ketones is 1. The van der Waals surface area contributed by atoms with E-state index in [1.54, 1.807) is 36.4 Å². The van der Waals surface area contributed by atoms with E-state index in [4.69, 9.17) is 33.2 Å². The van der Waals surface area contributed by atoms with Crippen LogP contribution < -0.4 is 10.6 Å². The molecule has 12 atom stereocenters. The Balaban J connectivity index is 1.41. The minimum atomic E-state index is -2.58. The number of halogens is 1. The molecule has 4 aliphatic rings. The lowest BCUT2D eigenvalue weighted by Crippen LogP contribution is -2.82. The molecule has 3 fully saturated rings. The van der Waals surface area contributed by atoms with Crippen LogP contribution in [0.2, 0.25) is 0 Å². The number of nitrogens with zero attached hydrogens (tertiary/aromatic N) is 1. The SMILES string of the molecule is CCC(=O)O[C@H]1C[C@H]2OC[C@@]2(OC(C)=O)[C@H]2[C@H](OC(=O)c3ccccc3)[C@]3(O)C[C@H](OC(=O)[C@H](OC(=O)CC)[C@@H](NC(=O)[C@@H](CCC(=O)O)NC(=O)c4cncc(Br)c4)c4ccccc4)C(C)=C([C@@H](OC(C)=O)C(=O)[C@]12C)C3(C)C. The maximum atomic E-state index is 16.2. The van der Waals surface area contributed by atoms with Crippen LogP contribution in [0, 0.1) is 16.7 Å². The average Bonchev–Trinajstić information content (AvgIpc) is 1.94. The highest BCUT2D eigenvalue weighted by Gasteiger charge is 2.79. The Kier molecular flexibility index (Phi) is 18.2. The van der Waals surface area contributed by atoms with Crippen molar-refractivity contribution < 1.29 is 91.3 Å². The largest absolute Gasteiger partial charge is 0.481 e. The number of aliphatic carboxylic acids is 1. The minimum absolute atomic E-state index is 0.00784. The minimum Gasteiger partial charge on any atom is -0.481 e. The summed E-state index contributed by atoms with van der Waals surface area (Å²) in [7, 11) is 0. The van der Waals surface area contributed by atoms with E-state index in [-0.39, 0.29) is 47.1 Å². The van der Waals surface area contributed by atoms with Crippen molar-refractivity contribution in [2.75, 3.05) is 6.61 Å². The summed E-state index contributed by atoms with van der Waals surface area (Å²) in [6, 6.07) is 13.5. The van der Waals surface area contributed by atoms with E-state index in [1.807, 2.05) is 0 Å². The second-order valence-electron chi connectivity index (χ2n) is 21.0. The second-order valence-corrected chi connectivity index (χ2v) is 21.9. The quantitative estimate of drug-likeness (QED) is 0.0684. The fraction of sp³-hybridized carbons (Fsp3) is 0.491. The molecule has 2 bridgehead atoms. The van der Waals surface area contributed by atoms with Crippen LogP contribution in [-0.4, -0.2) is 135 Å². The molecule has 0 unspecified atom stereocenters. The summed E-state index contributed by atoms with van der Waals surface area (Å²) in [6.45, 7) is 10.6. The number of aromatic nitrogens is 1. The van der Waals surface area contributed by atoms with Gasteiger partial charge in [0.25, 0.3) is 5.91 Å². The third-order valence-electron chi connectivity index (χ3n) is 15.7. The van der Waals surface area contributed by atoms with Crippen LogP contribution in [0.25, 0.3) is 0 Å². The highest BCUT2D eigenvalue weighted by atomic mass is 79.9. The van der Waals surface area contributed by atoms with Gasteiger partial charge in [-0.25, -0.2) is 9.59 Å². The number of pyridine rings is 1. The third-order valence-corrected chi connectivity index (χ3v) is 16.2. The molecule has 0 spiro atoms. The number of amides is 2. The van der Waals surface area contributed by atoms with E-state index in [9.17, 15) is 48.6 Å². The molecule has 2 heterocycles. The van der Waals surface area contributed by atoms with Crippen LogP contribution in [0.3, 0.4) is 0 Å². The average molecular weight is 1180 g/mol. The summed E-state index contributed by atoms with van der Waals surface area (Å²) < 4.78 is 43.5. The summed E-state index contributed by atoms with van der Waals surface area (Å²) >= 11 is 3.25. The van der Waals surface area contributed by atoms with Crippen molar-refractivity contribution in [3.05, 3.63) is 111 Å². The molecule has 0 radical (unpaired) electrons. The maximum absolute atomic E-state index is 16.2. The molecule has 80 heavy (non-hydrogen) atoms. The number of benzene rings is 2. The number of Topliss-reactive ketones (excluding diaryl/α,β-unsaturated/α-hetero) is 1. The Morgan fingerprint density at radius 3 is 2.06 bits per heavy atom. The predicted octanol–water partition coefficient (Wildman–Crippen LogP) is 5.16. The van der Waals surface area contributed by atoms with Gasteiger partial charge in [0, 0.05) is 68.2 Å². The summed E-state index contributed by atoms with van der Waals surface area (Å²) in [5, 5.41) is 29.0. The number of nitrogens with one attached hydrogen (secondary N) is 2. The Hall–Kier alpha value is -7.37. The number of hydrogen-bond acceptors (Lipinski definition) is 19. The number of carboxylic acid groups (broad SMARTS) is 1. The first-order chi connectivity index (χ1) is 37.7. The van der Waals surface area contributed by atoms with Crippen molar-refractivity contribution in [2.24, 2.45) is 16.7 Å². The summed E-state index contributed by atoms with van der Waals surface area (Å²) in [6.07, 6.45) is -10.2. The van der Waals surface area contributed by atoms with Crippen LogP contribution in [0.15, 0.2) is 94.7 Å². The Bertz CT molecular complexity index is 2970. The first-order valence-corrected chi connectivity index (χ1v) is 26.8. The summed E-state index contributed by atoms with van der Waals surface area (Å²) in [5.74, 6) is -11.7. The number of rotatable bonds is 19. The molecule has 23 heteroatoms. The fourth-order valence-electron chi connectivity index (χ4n) is 11.7. The van der Waals surface area contributed by atoms with Crippen molar-refractivity contribution >= 4 is 75.3 Å². The van der Waals surface area contributed by atoms with Crippen LogP contribution in [0.1, 0.15) is 126 Å². The smallest absolute Gasteiger partial charge is 0.350 e. The zero-order chi connectivity index (χ0) is 58.6. The Morgan fingerprint density at radius 2 is 1.49 bits per heavy atom. The van der Waals surface area contributed by atoms with Crippen LogP contribution in [0.4, 0.5) is 0 Å². The van der Waals surface area contributed by atoms with Gasteiger partial charge < -0.3 is 54.0 Å². The molecule has 1 aliphatic heterocycles. The van der Waals surface area contributed by atoms with E-state index >= 15 is 9.59 Å². The van der Waals surface area contributed by atoms with Gasteiger partial charge in [-0.3, -0.25) is 43.3 Å². The molecule has 7 rings (SSSR count). The Morgan fingerprint density at radius 1 is 0.838 bits per heavy atom. The van der Waals surface area contributed by atoms with E-state index in [2.05, 4.69) is 31.5 Å². The van der Waals surface area contributed by atoms with Crippen LogP contribution in [0.5, 0.6) is 0 Å². The standard InChI is InChI=1S/C57H64BrN3O19/c1-9-41(66)77-38-24-39-56(28-74-39,80-31(5)63)47-49(79-52(71)33-19-15-12-16-20-33)57(73)25-37(29(3)43(54(57,6)7)45(75-30(4)62)48(68)55(38,47)8)76-53(72)46(78-42(67)10-2)44(32-17-13-11-14-18-32)61-51(70)36(21-22-40(64)65)60-50(69)34-23-35(58)27-59-26-34/h11-20,23,26-27,36-39,44-47,49,73H,9-10,21-22,24-25,28H2,1-8H3,(H,60,69)(H,61,70)(H,64,65)/t36-,37+,38+,39-,44+,45-,46-,47+,49+,55-,56+,57-/m1/s1. The van der Waals surface area contributed by atoms with E-state index in [0.29, 0.717) is 4.47 Å². The molecular weight excluding hydrogens is 1110 g/mol. The molecule has 4 N–H and O–H groups in total. The monoisotopic (exact) mass is 1170 g/mol. The highest BCUT2D eigenvalue weighted by Crippen LogP contribution is 2.65.